The maximum absolute atomic E-state index is 7.06. The van der Waals surface area contributed by atoms with Gasteiger partial charge in [0.25, 0.3) is 0 Å². The van der Waals surface area contributed by atoms with Crippen LogP contribution in [0.2, 0.25) is 0 Å². The summed E-state index contributed by atoms with van der Waals surface area (Å²) in [4.78, 5) is 0. The number of unbranched alkanes of at least 4 members (excludes halogenated alkanes) is 9. The van der Waals surface area contributed by atoms with E-state index in [1.807, 2.05) is 0 Å². The highest BCUT2D eigenvalue weighted by Crippen LogP contribution is 2.69. The summed E-state index contributed by atoms with van der Waals surface area (Å²) >= 11 is 0. The van der Waals surface area contributed by atoms with E-state index in [1.165, 1.54) is 122 Å². The number of fused-ring (bicyclic) bond motifs is 5. The zero-order valence-corrected chi connectivity index (χ0v) is 34.9. The predicted molar refractivity (Wildman–Crippen MR) is 219 cm³/mol. The molecule has 0 aromatic carbocycles. The van der Waals surface area contributed by atoms with Crippen molar-refractivity contribution in [2.75, 3.05) is 52.5 Å². The van der Waals surface area contributed by atoms with Crippen LogP contribution in [0, 0.1) is 46.3 Å². The molecule has 0 unspecified atom stereocenters. The summed E-state index contributed by atoms with van der Waals surface area (Å²) in [6.07, 6.45) is 29.1. The fourth-order valence-electron chi connectivity index (χ4n) is 12.2. The molecule has 0 spiro atoms. The van der Waals surface area contributed by atoms with Gasteiger partial charge in [-0.3, -0.25) is 0 Å². The first kappa shape index (κ1) is 44.4. The van der Waals surface area contributed by atoms with E-state index in [1.54, 1.807) is 0 Å². The van der Waals surface area contributed by atoms with Gasteiger partial charge in [-0.25, -0.2) is 0 Å². The first-order chi connectivity index (χ1) is 25.3. The summed E-state index contributed by atoms with van der Waals surface area (Å²) in [7, 11) is 0. The summed E-state index contributed by atoms with van der Waals surface area (Å²) in [5, 5.41) is 3.80. The lowest BCUT2D eigenvalue weighted by Gasteiger charge is -2.65. The standard InChI is InChI=1S/C45H88N4O3/c1-5-6-7-8-9-10-11-12-13-14-27-49-28-15-19-35(2)38-20-21-39-43-40(34-42(45(38,39)4)52-31-18-26-48)44(3)23-22-37(50-29-16-24-46)32-36(44)33-41(43)51-30-17-25-47/h35-43,49H,5-34,46-48H2,1-4H3/t35-,36+,37-,38-,39+,40+,41-,42+,43+,44+,45-/m1/s1. The van der Waals surface area contributed by atoms with E-state index in [2.05, 4.69) is 33.0 Å². The molecule has 306 valence electrons. The molecule has 4 saturated carbocycles. The average molecular weight is 733 g/mol. The van der Waals surface area contributed by atoms with Gasteiger partial charge in [0.1, 0.15) is 0 Å². The minimum atomic E-state index is 0.180. The van der Waals surface area contributed by atoms with Crippen LogP contribution in [0.1, 0.15) is 169 Å². The van der Waals surface area contributed by atoms with E-state index in [9.17, 15) is 0 Å². The lowest BCUT2D eigenvalue weighted by Crippen LogP contribution is -2.63. The third-order valence-corrected chi connectivity index (χ3v) is 15.2. The van der Waals surface area contributed by atoms with Crippen LogP contribution in [0.5, 0.6) is 0 Å². The maximum Gasteiger partial charge on any atom is 0.0637 e. The minimum absolute atomic E-state index is 0.180. The van der Waals surface area contributed by atoms with Gasteiger partial charge in [-0.15, -0.1) is 0 Å². The summed E-state index contributed by atoms with van der Waals surface area (Å²) in [5.74, 6) is 3.92. The quantitative estimate of drug-likeness (QED) is 0.0594. The summed E-state index contributed by atoms with van der Waals surface area (Å²) in [6, 6.07) is 0. The van der Waals surface area contributed by atoms with E-state index in [0.29, 0.717) is 78.9 Å². The molecule has 0 radical (unpaired) electrons. The van der Waals surface area contributed by atoms with Gasteiger partial charge in [-0.1, -0.05) is 85.5 Å². The zero-order chi connectivity index (χ0) is 37.2. The first-order valence-corrected chi connectivity index (χ1v) is 23.0. The molecule has 52 heavy (non-hydrogen) atoms. The van der Waals surface area contributed by atoms with Crippen LogP contribution in [-0.2, 0) is 14.2 Å². The maximum atomic E-state index is 7.06. The molecule has 7 nitrogen and oxygen atoms in total. The van der Waals surface area contributed by atoms with Crippen molar-refractivity contribution in [2.24, 2.45) is 63.5 Å². The Balaban J connectivity index is 1.36. The van der Waals surface area contributed by atoms with Gasteiger partial charge >= 0.3 is 0 Å². The van der Waals surface area contributed by atoms with Crippen LogP contribution in [-0.4, -0.2) is 70.9 Å². The third kappa shape index (κ3) is 11.9. The number of nitrogens with two attached hydrogens (primary N) is 3. The van der Waals surface area contributed by atoms with Crippen LogP contribution in [0.15, 0.2) is 0 Å². The SMILES string of the molecule is CCCCCCCCCCCCNCCC[C@@H](C)[C@H]1CC[C@H]2[C@@H]3[C@H](OCCCN)C[C@@H]4C[C@H](OCCCN)CC[C@]4(C)[C@H]3C[C@H](OCCCN)[C@]12C. The molecule has 11 atom stereocenters. The molecule has 0 amide bonds. The fourth-order valence-corrected chi connectivity index (χ4v) is 12.2. The first-order valence-electron chi connectivity index (χ1n) is 23.0. The van der Waals surface area contributed by atoms with Gasteiger partial charge in [-0.05, 0) is 157 Å². The Morgan fingerprint density at radius 2 is 1.27 bits per heavy atom. The Bertz CT molecular complexity index is 940. The van der Waals surface area contributed by atoms with Crippen molar-refractivity contribution in [1.82, 2.24) is 5.32 Å². The summed E-state index contributed by atoms with van der Waals surface area (Å²) in [6.45, 7) is 17.0. The van der Waals surface area contributed by atoms with Gasteiger partial charge < -0.3 is 36.7 Å². The second-order valence-corrected chi connectivity index (χ2v) is 18.5. The molecule has 0 aromatic rings. The average Bonchev–Trinajstić information content (AvgIpc) is 3.50. The Morgan fingerprint density at radius 1 is 0.654 bits per heavy atom. The molecular weight excluding hydrogens is 645 g/mol. The van der Waals surface area contributed by atoms with E-state index in [4.69, 9.17) is 31.4 Å². The largest absolute Gasteiger partial charge is 0.378 e. The second-order valence-electron chi connectivity index (χ2n) is 18.5. The molecule has 7 heteroatoms. The normalized spacial score (nSPS) is 34.9. The van der Waals surface area contributed by atoms with Crippen molar-refractivity contribution in [3.63, 3.8) is 0 Å². The summed E-state index contributed by atoms with van der Waals surface area (Å²) < 4.78 is 20.4. The summed E-state index contributed by atoms with van der Waals surface area (Å²) in [5.41, 5.74) is 18.3. The molecule has 0 aliphatic heterocycles. The van der Waals surface area contributed by atoms with Crippen LogP contribution in [0.4, 0.5) is 0 Å². The van der Waals surface area contributed by atoms with Crippen LogP contribution in [0.3, 0.4) is 0 Å². The zero-order valence-electron chi connectivity index (χ0n) is 34.9. The van der Waals surface area contributed by atoms with Crippen molar-refractivity contribution in [1.29, 1.82) is 0 Å². The molecule has 0 saturated heterocycles. The van der Waals surface area contributed by atoms with Crippen molar-refractivity contribution < 1.29 is 14.2 Å². The molecule has 7 N–H and O–H groups in total. The van der Waals surface area contributed by atoms with E-state index >= 15 is 0 Å². The van der Waals surface area contributed by atoms with Crippen LogP contribution >= 0.6 is 0 Å². The molecule has 4 fully saturated rings. The van der Waals surface area contributed by atoms with E-state index in [0.717, 1.165) is 52.0 Å². The van der Waals surface area contributed by atoms with E-state index < -0.39 is 0 Å². The van der Waals surface area contributed by atoms with Crippen molar-refractivity contribution in [3.05, 3.63) is 0 Å². The second kappa shape index (κ2) is 23.7. The van der Waals surface area contributed by atoms with Crippen molar-refractivity contribution in [3.8, 4) is 0 Å². The van der Waals surface area contributed by atoms with Gasteiger partial charge in [-0.2, -0.15) is 0 Å². The molecule has 0 heterocycles. The third-order valence-electron chi connectivity index (χ3n) is 15.2. The molecule has 0 bridgehead atoms. The van der Waals surface area contributed by atoms with Gasteiger partial charge in [0.05, 0.1) is 18.3 Å². The van der Waals surface area contributed by atoms with Crippen LogP contribution < -0.4 is 22.5 Å². The highest BCUT2D eigenvalue weighted by Gasteiger charge is 2.66. The van der Waals surface area contributed by atoms with Gasteiger partial charge in [0.2, 0.25) is 0 Å². The minimum Gasteiger partial charge on any atom is -0.378 e. The predicted octanol–water partition coefficient (Wildman–Crippen LogP) is 8.99. The Morgan fingerprint density at radius 3 is 1.94 bits per heavy atom. The fraction of sp³-hybridized carbons (Fsp3) is 1.00. The lowest BCUT2D eigenvalue weighted by molar-refractivity contribution is -0.227. The molecule has 4 rings (SSSR count). The topological polar surface area (TPSA) is 118 Å². The Kier molecular flexibility index (Phi) is 20.3. The number of nitrogens with one attached hydrogen (secondary N) is 1. The van der Waals surface area contributed by atoms with Gasteiger partial charge in [0, 0.05) is 25.2 Å². The molecule has 4 aliphatic rings. The number of hydrogen-bond acceptors (Lipinski definition) is 7. The Labute approximate surface area is 322 Å². The smallest absolute Gasteiger partial charge is 0.0637 e. The number of hydrogen-bond donors (Lipinski definition) is 4. The van der Waals surface area contributed by atoms with Crippen molar-refractivity contribution in [2.45, 2.75) is 187 Å². The Hall–Kier alpha value is -0.280. The molecular formula is C45H88N4O3. The number of ether oxygens (including phenoxy) is 3. The highest BCUT2D eigenvalue weighted by molar-refractivity contribution is 5.15. The molecule has 0 aromatic heterocycles. The van der Waals surface area contributed by atoms with Crippen LogP contribution in [0.25, 0.3) is 0 Å². The lowest BCUT2D eigenvalue weighted by atomic mass is 9.43. The molecule has 4 aliphatic carbocycles. The monoisotopic (exact) mass is 733 g/mol. The number of rotatable bonds is 28. The highest BCUT2D eigenvalue weighted by atomic mass is 16.5. The van der Waals surface area contributed by atoms with Crippen molar-refractivity contribution >= 4 is 0 Å². The van der Waals surface area contributed by atoms with Gasteiger partial charge in [0.15, 0.2) is 0 Å². The van der Waals surface area contributed by atoms with E-state index in [-0.39, 0.29) is 5.41 Å².